The maximum Gasteiger partial charge on any atom is 0.217 e. The summed E-state index contributed by atoms with van der Waals surface area (Å²) in [5, 5.41) is 2.97. The summed E-state index contributed by atoms with van der Waals surface area (Å²) in [6.07, 6.45) is 8.07. The molecule has 0 spiro atoms. The van der Waals surface area contributed by atoms with E-state index in [-0.39, 0.29) is 11.9 Å². The van der Waals surface area contributed by atoms with Crippen LogP contribution >= 0.6 is 34.8 Å². The number of amides is 1. The zero-order valence-corrected chi connectivity index (χ0v) is 13.5. The van der Waals surface area contributed by atoms with Crippen molar-refractivity contribution in [3.05, 3.63) is 0 Å². The Hall–Kier alpha value is 0.340. The Bertz CT molecular complexity index is 229. The molecule has 108 valence electrons. The van der Waals surface area contributed by atoms with Crippen molar-refractivity contribution in [2.75, 3.05) is 0 Å². The Balaban J connectivity index is 3.87. The van der Waals surface area contributed by atoms with Gasteiger partial charge in [0.1, 0.15) is 0 Å². The van der Waals surface area contributed by atoms with Crippen LogP contribution < -0.4 is 5.32 Å². The van der Waals surface area contributed by atoms with Gasteiger partial charge in [-0.25, -0.2) is 0 Å². The summed E-state index contributed by atoms with van der Waals surface area (Å²) in [6.45, 7) is 3.74. The van der Waals surface area contributed by atoms with Crippen LogP contribution in [0.2, 0.25) is 0 Å². The molecule has 0 saturated carbocycles. The monoisotopic (exact) mass is 315 g/mol. The lowest BCUT2D eigenvalue weighted by atomic mass is 10.0. The minimum absolute atomic E-state index is 0.0179. The van der Waals surface area contributed by atoms with Crippen LogP contribution in [-0.4, -0.2) is 15.7 Å². The van der Waals surface area contributed by atoms with E-state index in [1.807, 2.05) is 0 Å². The first-order chi connectivity index (χ1) is 8.35. The highest BCUT2D eigenvalue weighted by Crippen LogP contribution is 2.32. The van der Waals surface area contributed by atoms with Crippen LogP contribution in [0.4, 0.5) is 0 Å². The molecule has 0 heterocycles. The maximum atomic E-state index is 11.1. The zero-order chi connectivity index (χ0) is 14.0. The van der Waals surface area contributed by atoms with Gasteiger partial charge in [0.15, 0.2) is 3.79 Å². The fourth-order valence-corrected chi connectivity index (χ4v) is 2.34. The van der Waals surface area contributed by atoms with E-state index in [0.717, 1.165) is 25.7 Å². The molecule has 18 heavy (non-hydrogen) atoms. The summed E-state index contributed by atoms with van der Waals surface area (Å²) >= 11 is 17.1. The Morgan fingerprint density at radius 3 is 2.22 bits per heavy atom. The Kier molecular flexibility index (Phi) is 10.4. The first-order valence-electron chi connectivity index (χ1n) is 6.69. The van der Waals surface area contributed by atoms with Gasteiger partial charge in [-0.15, -0.1) is 0 Å². The van der Waals surface area contributed by atoms with Crippen molar-refractivity contribution in [2.24, 2.45) is 0 Å². The lowest BCUT2D eigenvalue weighted by Crippen LogP contribution is -2.33. The molecule has 5 heteroatoms. The largest absolute Gasteiger partial charge is 0.354 e. The number of carbonyl (C=O) groups is 1. The lowest BCUT2D eigenvalue weighted by molar-refractivity contribution is -0.119. The first kappa shape index (κ1) is 18.3. The summed E-state index contributed by atoms with van der Waals surface area (Å²) < 4.78 is -1.18. The molecular weight excluding hydrogens is 293 g/mol. The third-order valence-electron chi connectivity index (χ3n) is 2.83. The van der Waals surface area contributed by atoms with E-state index in [0.29, 0.717) is 6.42 Å². The van der Waals surface area contributed by atoms with E-state index in [1.54, 1.807) is 6.92 Å². The van der Waals surface area contributed by atoms with Crippen LogP contribution in [0.15, 0.2) is 0 Å². The molecule has 2 nitrogen and oxygen atoms in total. The molecule has 0 aromatic carbocycles. The number of carbonyl (C=O) groups excluding carboxylic acids is 1. The van der Waals surface area contributed by atoms with Gasteiger partial charge in [0.05, 0.1) is 0 Å². The van der Waals surface area contributed by atoms with Gasteiger partial charge >= 0.3 is 0 Å². The Labute approximate surface area is 126 Å². The highest BCUT2D eigenvalue weighted by molar-refractivity contribution is 6.67. The summed E-state index contributed by atoms with van der Waals surface area (Å²) in [6, 6.07) is 0.215. The smallest absolute Gasteiger partial charge is 0.217 e. The molecule has 1 amide bonds. The number of halogens is 3. The molecule has 0 saturated heterocycles. The highest BCUT2D eigenvalue weighted by Gasteiger charge is 2.20. The van der Waals surface area contributed by atoms with Gasteiger partial charge in [-0.05, 0) is 25.7 Å². The van der Waals surface area contributed by atoms with E-state index in [1.165, 1.54) is 19.3 Å². The SMILES string of the molecule is CCCCCC[C@H](CCCC(Cl)(Cl)Cl)NC(C)=O. The number of rotatable bonds is 9. The van der Waals surface area contributed by atoms with Gasteiger partial charge in [-0.3, -0.25) is 4.79 Å². The van der Waals surface area contributed by atoms with E-state index in [4.69, 9.17) is 34.8 Å². The standard InChI is InChI=1S/C13H24Cl3NO/c1-3-4-5-6-8-12(17-11(2)18)9-7-10-13(14,15)16/h12H,3-10H2,1-2H3,(H,17,18)/t12-/m1/s1. The number of alkyl halides is 3. The molecule has 0 aliphatic carbocycles. The lowest BCUT2D eigenvalue weighted by Gasteiger charge is -2.19. The minimum Gasteiger partial charge on any atom is -0.354 e. The van der Waals surface area contributed by atoms with E-state index < -0.39 is 3.79 Å². The van der Waals surface area contributed by atoms with Crippen LogP contribution in [0.5, 0.6) is 0 Å². The number of nitrogens with one attached hydrogen (secondary N) is 1. The third kappa shape index (κ3) is 12.8. The summed E-state index contributed by atoms with van der Waals surface area (Å²) in [5.74, 6) is 0.0179. The maximum absolute atomic E-state index is 11.1. The van der Waals surface area contributed by atoms with Gasteiger partial charge < -0.3 is 5.32 Å². The number of unbranched alkanes of at least 4 members (excludes halogenated alkanes) is 3. The highest BCUT2D eigenvalue weighted by atomic mass is 35.6. The van der Waals surface area contributed by atoms with Crippen LogP contribution in [0.25, 0.3) is 0 Å². The van der Waals surface area contributed by atoms with Crippen LogP contribution in [0, 0.1) is 0 Å². The van der Waals surface area contributed by atoms with E-state index >= 15 is 0 Å². The molecule has 0 radical (unpaired) electrons. The second-order valence-electron chi connectivity index (χ2n) is 4.75. The topological polar surface area (TPSA) is 29.1 Å². The first-order valence-corrected chi connectivity index (χ1v) is 7.82. The second kappa shape index (κ2) is 10.2. The van der Waals surface area contributed by atoms with Crippen molar-refractivity contribution in [3.8, 4) is 0 Å². The quantitative estimate of drug-likeness (QED) is 0.470. The third-order valence-corrected chi connectivity index (χ3v) is 3.39. The van der Waals surface area contributed by atoms with Crippen LogP contribution in [-0.2, 0) is 4.79 Å². The van der Waals surface area contributed by atoms with Crippen LogP contribution in [0.3, 0.4) is 0 Å². The van der Waals surface area contributed by atoms with Gasteiger partial charge in [0.2, 0.25) is 5.91 Å². The predicted octanol–water partition coefficient (Wildman–Crippen LogP) is 5.00. The molecule has 0 rings (SSSR count). The molecule has 0 aliphatic rings. The zero-order valence-electron chi connectivity index (χ0n) is 11.3. The normalized spacial score (nSPS) is 13.4. The van der Waals surface area contributed by atoms with Gasteiger partial charge in [0, 0.05) is 13.0 Å². The predicted molar refractivity (Wildman–Crippen MR) is 80.5 cm³/mol. The van der Waals surface area contributed by atoms with Gasteiger partial charge in [-0.1, -0.05) is 67.4 Å². The van der Waals surface area contributed by atoms with Crippen molar-refractivity contribution in [3.63, 3.8) is 0 Å². The molecule has 0 fully saturated rings. The number of hydrogen-bond acceptors (Lipinski definition) is 1. The molecule has 0 bridgehead atoms. The Morgan fingerprint density at radius 1 is 1.11 bits per heavy atom. The molecule has 0 unspecified atom stereocenters. The van der Waals surface area contributed by atoms with Gasteiger partial charge in [-0.2, -0.15) is 0 Å². The Morgan fingerprint density at radius 2 is 1.72 bits per heavy atom. The van der Waals surface area contributed by atoms with E-state index in [9.17, 15) is 4.79 Å². The summed E-state index contributed by atoms with van der Waals surface area (Å²) in [4.78, 5) is 11.1. The number of hydrogen-bond donors (Lipinski definition) is 1. The molecular formula is C13H24Cl3NO. The molecule has 1 atom stereocenters. The van der Waals surface area contributed by atoms with Gasteiger partial charge in [0.25, 0.3) is 0 Å². The summed E-state index contributed by atoms with van der Waals surface area (Å²) in [5.41, 5.74) is 0. The van der Waals surface area contributed by atoms with Crippen molar-refractivity contribution in [2.45, 2.75) is 75.0 Å². The molecule has 0 aromatic heterocycles. The van der Waals surface area contributed by atoms with Crippen LogP contribution in [0.1, 0.15) is 65.2 Å². The van der Waals surface area contributed by atoms with Crippen molar-refractivity contribution >= 4 is 40.7 Å². The minimum atomic E-state index is -1.18. The molecule has 1 N–H and O–H groups in total. The fraction of sp³-hybridized carbons (Fsp3) is 0.923. The second-order valence-corrected chi connectivity index (χ2v) is 7.27. The van der Waals surface area contributed by atoms with Crippen molar-refractivity contribution in [1.29, 1.82) is 0 Å². The fourth-order valence-electron chi connectivity index (χ4n) is 1.94. The van der Waals surface area contributed by atoms with E-state index in [2.05, 4.69) is 12.2 Å². The average Bonchev–Trinajstić information content (AvgIpc) is 2.21. The molecule has 0 aliphatic heterocycles. The van der Waals surface area contributed by atoms with Crippen molar-refractivity contribution in [1.82, 2.24) is 5.32 Å². The van der Waals surface area contributed by atoms with Crippen molar-refractivity contribution < 1.29 is 4.79 Å². The average molecular weight is 317 g/mol. The molecule has 0 aromatic rings. The summed E-state index contributed by atoms with van der Waals surface area (Å²) in [7, 11) is 0.